The van der Waals surface area contributed by atoms with Crippen molar-refractivity contribution in [2.75, 3.05) is 17.2 Å². The number of benzene rings is 2. The first-order valence-corrected chi connectivity index (χ1v) is 12.2. The molecule has 3 N–H and O–H groups in total. The molecule has 0 aromatic heterocycles. The van der Waals surface area contributed by atoms with Crippen LogP contribution in [0.2, 0.25) is 0 Å². The van der Waals surface area contributed by atoms with E-state index in [2.05, 4.69) is 15.4 Å². The molecule has 0 unspecified atom stereocenters. The minimum Gasteiger partial charge on any atom is -0.494 e. The minimum absolute atomic E-state index is 0.0620. The number of anilines is 2. The van der Waals surface area contributed by atoms with E-state index in [9.17, 15) is 18.0 Å². The predicted molar refractivity (Wildman–Crippen MR) is 123 cm³/mol. The highest BCUT2D eigenvalue weighted by Crippen LogP contribution is 2.25. The Morgan fingerprint density at radius 1 is 1.12 bits per heavy atom. The minimum atomic E-state index is -3.96. The zero-order valence-electron chi connectivity index (χ0n) is 18.5. The third-order valence-electron chi connectivity index (χ3n) is 5.18. The quantitative estimate of drug-likeness (QED) is 0.561. The number of ether oxygens (including phenoxy) is 1. The van der Waals surface area contributed by atoms with Crippen LogP contribution >= 0.6 is 0 Å². The predicted octanol–water partition coefficient (Wildman–Crippen LogP) is 3.30. The maximum Gasteiger partial charge on any atom is 0.242 e. The van der Waals surface area contributed by atoms with E-state index in [0.717, 1.165) is 5.56 Å². The summed E-state index contributed by atoms with van der Waals surface area (Å²) in [6, 6.07) is 10.5. The lowest BCUT2D eigenvalue weighted by Crippen LogP contribution is -2.47. The van der Waals surface area contributed by atoms with Gasteiger partial charge in [0.2, 0.25) is 21.8 Å². The largest absolute Gasteiger partial charge is 0.494 e. The summed E-state index contributed by atoms with van der Waals surface area (Å²) in [5.74, 6) is -0.128. The van der Waals surface area contributed by atoms with E-state index >= 15 is 0 Å². The van der Waals surface area contributed by atoms with Gasteiger partial charge in [-0.05, 0) is 73.7 Å². The molecule has 3 rings (SSSR count). The number of carbonyl (C=O) groups excluding carboxylic acids is 2. The molecule has 9 heteroatoms. The summed E-state index contributed by atoms with van der Waals surface area (Å²) in [6.07, 6.45) is 1.65. The van der Waals surface area contributed by atoms with Gasteiger partial charge in [-0.3, -0.25) is 9.59 Å². The topological polar surface area (TPSA) is 114 Å². The van der Waals surface area contributed by atoms with E-state index in [1.54, 1.807) is 50.2 Å². The summed E-state index contributed by atoms with van der Waals surface area (Å²) >= 11 is 0. The zero-order chi connectivity index (χ0) is 23.3. The Kier molecular flexibility index (Phi) is 7.52. The van der Waals surface area contributed by atoms with Gasteiger partial charge in [-0.1, -0.05) is 13.8 Å². The fourth-order valence-electron chi connectivity index (χ4n) is 3.47. The average molecular weight is 460 g/mol. The molecular weight excluding hydrogens is 430 g/mol. The second kappa shape index (κ2) is 10.1. The number of hydrogen-bond acceptors (Lipinski definition) is 5. The molecule has 32 heavy (non-hydrogen) atoms. The number of hydrogen-bond donors (Lipinski definition) is 3. The lowest BCUT2D eigenvalue weighted by Gasteiger charge is -2.22. The summed E-state index contributed by atoms with van der Waals surface area (Å²) in [5.41, 5.74) is 1.93. The number of aryl methyl sites for hydroxylation is 1. The van der Waals surface area contributed by atoms with E-state index in [4.69, 9.17) is 4.74 Å². The highest BCUT2D eigenvalue weighted by atomic mass is 32.2. The molecule has 1 aliphatic rings. The molecule has 2 amide bonds. The third-order valence-corrected chi connectivity index (χ3v) is 6.61. The van der Waals surface area contributed by atoms with Gasteiger partial charge < -0.3 is 15.4 Å². The van der Waals surface area contributed by atoms with E-state index < -0.39 is 22.0 Å². The van der Waals surface area contributed by atoms with Gasteiger partial charge in [0.25, 0.3) is 0 Å². The van der Waals surface area contributed by atoms with Crippen molar-refractivity contribution in [1.29, 1.82) is 0 Å². The second-order valence-electron chi connectivity index (χ2n) is 8.01. The van der Waals surface area contributed by atoms with Crippen LogP contribution in [0.1, 0.15) is 39.2 Å². The van der Waals surface area contributed by atoms with Crippen LogP contribution in [0.15, 0.2) is 47.4 Å². The number of carbonyl (C=O) groups is 2. The molecule has 172 valence electrons. The maximum atomic E-state index is 13.1. The first-order chi connectivity index (χ1) is 15.2. The van der Waals surface area contributed by atoms with Crippen LogP contribution in [0.3, 0.4) is 0 Å². The lowest BCUT2D eigenvalue weighted by molar-refractivity contribution is -0.118. The molecule has 0 fully saturated rings. The first-order valence-electron chi connectivity index (χ1n) is 10.7. The van der Waals surface area contributed by atoms with Gasteiger partial charge in [0.15, 0.2) is 0 Å². The Morgan fingerprint density at radius 3 is 2.50 bits per heavy atom. The van der Waals surface area contributed by atoms with E-state index in [0.29, 0.717) is 43.0 Å². The van der Waals surface area contributed by atoms with Gasteiger partial charge in [0, 0.05) is 17.8 Å². The van der Waals surface area contributed by atoms with Gasteiger partial charge in [0.05, 0.1) is 11.5 Å². The van der Waals surface area contributed by atoms with Crippen LogP contribution in [0.5, 0.6) is 5.75 Å². The molecule has 0 saturated carbocycles. The number of amides is 2. The molecule has 8 nitrogen and oxygen atoms in total. The standard InChI is InChI=1S/C23H29N3O5S/c1-4-31-18-10-8-17(9-11-18)24-23(28)22(15(2)3)26-32(29,30)19-12-13-20-16(14-19)6-5-7-21(27)25-20/h8-15,22,26H,4-7H2,1-3H3,(H,24,28)(H,25,27)/t22-/m0/s1. The van der Waals surface area contributed by atoms with E-state index in [1.807, 2.05) is 6.92 Å². The van der Waals surface area contributed by atoms with Crippen LogP contribution in [0.4, 0.5) is 11.4 Å². The number of rotatable bonds is 8. The lowest BCUT2D eigenvalue weighted by atomic mass is 10.0. The molecule has 1 atom stereocenters. The average Bonchev–Trinajstić information content (AvgIpc) is 2.93. The molecule has 1 aliphatic heterocycles. The van der Waals surface area contributed by atoms with Crippen molar-refractivity contribution in [2.45, 2.75) is 51.0 Å². The van der Waals surface area contributed by atoms with Crippen molar-refractivity contribution in [3.63, 3.8) is 0 Å². The maximum absolute atomic E-state index is 13.1. The van der Waals surface area contributed by atoms with E-state index in [-0.39, 0.29) is 16.7 Å². The fourth-order valence-corrected chi connectivity index (χ4v) is 4.86. The first kappa shape index (κ1) is 23.7. The summed E-state index contributed by atoms with van der Waals surface area (Å²) in [6.45, 7) is 5.97. The normalized spacial score (nSPS) is 14.8. The molecule has 2 aromatic rings. The second-order valence-corrected chi connectivity index (χ2v) is 9.72. The van der Waals surface area contributed by atoms with Crippen LogP contribution in [0.25, 0.3) is 0 Å². The van der Waals surface area contributed by atoms with Gasteiger partial charge >= 0.3 is 0 Å². The summed E-state index contributed by atoms with van der Waals surface area (Å²) in [5, 5.41) is 5.55. The van der Waals surface area contributed by atoms with Crippen LogP contribution in [-0.4, -0.2) is 32.9 Å². The molecule has 0 bridgehead atoms. The fraction of sp³-hybridized carbons (Fsp3) is 0.391. The van der Waals surface area contributed by atoms with Crippen molar-refractivity contribution in [1.82, 2.24) is 4.72 Å². The van der Waals surface area contributed by atoms with Gasteiger partial charge in [-0.25, -0.2) is 8.42 Å². The Balaban J connectivity index is 1.76. The number of nitrogens with one attached hydrogen (secondary N) is 3. The Labute approximate surface area is 188 Å². The van der Waals surface area contributed by atoms with Crippen molar-refractivity contribution in [3.8, 4) is 5.75 Å². The molecule has 1 heterocycles. The van der Waals surface area contributed by atoms with Gasteiger partial charge in [-0.15, -0.1) is 0 Å². The molecule has 0 spiro atoms. The van der Waals surface area contributed by atoms with Crippen LogP contribution < -0.4 is 20.1 Å². The zero-order valence-corrected chi connectivity index (χ0v) is 19.3. The van der Waals surface area contributed by atoms with Crippen LogP contribution in [0, 0.1) is 5.92 Å². The number of fused-ring (bicyclic) bond motifs is 1. The molecule has 0 aliphatic carbocycles. The highest BCUT2D eigenvalue weighted by molar-refractivity contribution is 7.89. The summed E-state index contributed by atoms with van der Waals surface area (Å²) < 4.78 is 34.1. The van der Waals surface area contributed by atoms with Crippen molar-refractivity contribution in [3.05, 3.63) is 48.0 Å². The number of sulfonamides is 1. The monoisotopic (exact) mass is 459 g/mol. The Bertz CT molecular complexity index is 1080. The van der Waals surface area contributed by atoms with Crippen molar-refractivity contribution >= 4 is 33.2 Å². The summed E-state index contributed by atoms with van der Waals surface area (Å²) in [4.78, 5) is 24.7. The Morgan fingerprint density at radius 2 is 1.84 bits per heavy atom. The third kappa shape index (κ3) is 5.86. The Hall–Kier alpha value is -2.91. The van der Waals surface area contributed by atoms with Crippen molar-refractivity contribution < 1.29 is 22.7 Å². The smallest absolute Gasteiger partial charge is 0.242 e. The van der Waals surface area contributed by atoms with Gasteiger partial charge in [0.1, 0.15) is 11.8 Å². The highest BCUT2D eigenvalue weighted by Gasteiger charge is 2.29. The molecule has 0 radical (unpaired) electrons. The molecule has 0 saturated heterocycles. The van der Waals surface area contributed by atoms with Gasteiger partial charge in [-0.2, -0.15) is 4.72 Å². The molecule has 2 aromatic carbocycles. The molecular formula is C23H29N3O5S. The SMILES string of the molecule is CCOc1ccc(NC(=O)[C@@H](NS(=O)(=O)c2ccc3c(c2)CCCC(=O)N3)C(C)C)cc1. The van der Waals surface area contributed by atoms with E-state index in [1.165, 1.54) is 6.07 Å². The summed E-state index contributed by atoms with van der Waals surface area (Å²) in [7, 11) is -3.96. The van der Waals surface area contributed by atoms with Crippen molar-refractivity contribution in [2.24, 2.45) is 5.92 Å². The van der Waals surface area contributed by atoms with Crippen LogP contribution in [-0.2, 0) is 26.0 Å².